The molecule has 3 aliphatic carbocycles. The molecule has 0 saturated heterocycles. The number of anilines is 3. The van der Waals surface area contributed by atoms with Gasteiger partial charge in [-0.25, -0.2) is 0 Å². The second kappa shape index (κ2) is 14.4. The van der Waals surface area contributed by atoms with Gasteiger partial charge in [-0.15, -0.1) is 0 Å². The SMILES string of the molecule is CC(C)(C)c1ccc2c(c1)C(C)(C)c1cccc(-c3ccccc3N(c3ccc4c(c3)C(C)(C)c3ccccc3-4)c3ccc4c(c3)C(c3ccccc3)(c3ccccc3)c3ccccc3-4)c1-2. The molecule has 1 heteroatoms. The maximum atomic E-state index is 2.56. The van der Waals surface area contributed by atoms with Crippen molar-refractivity contribution in [1.29, 1.82) is 0 Å². The van der Waals surface area contributed by atoms with E-state index in [0.717, 1.165) is 17.1 Å². The topological polar surface area (TPSA) is 3.24 Å². The Hall–Kier alpha value is -7.22. The molecule has 12 rings (SSSR count). The average molecular weight is 850 g/mol. The third-order valence-electron chi connectivity index (χ3n) is 15.5. The summed E-state index contributed by atoms with van der Waals surface area (Å²) in [6.07, 6.45) is 0. The van der Waals surface area contributed by atoms with Gasteiger partial charge >= 0.3 is 0 Å². The largest absolute Gasteiger partial charge is 0.310 e. The van der Waals surface area contributed by atoms with Crippen molar-refractivity contribution in [1.82, 2.24) is 0 Å². The summed E-state index contributed by atoms with van der Waals surface area (Å²) in [6.45, 7) is 16.5. The number of para-hydroxylation sites is 1. The first-order valence-electron chi connectivity index (χ1n) is 23.7. The zero-order chi connectivity index (χ0) is 45.2. The molecular formula is C65H55N. The van der Waals surface area contributed by atoms with E-state index in [4.69, 9.17) is 0 Å². The summed E-state index contributed by atoms with van der Waals surface area (Å²) < 4.78 is 0. The lowest BCUT2D eigenvalue weighted by Crippen LogP contribution is -2.28. The van der Waals surface area contributed by atoms with Crippen LogP contribution in [-0.4, -0.2) is 0 Å². The first kappa shape index (κ1) is 40.3. The Balaban J connectivity index is 1.13. The molecule has 1 nitrogen and oxygen atoms in total. The molecule has 66 heavy (non-hydrogen) atoms. The Morgan fingerprint density at radius 2 is 0.788 bits per heavy atom. The van der Waals surface area contributed by atoms with Crippen LogP contribution in [0.5, 0.6) is 0 Å². The minimum Gasteiger partial charge on any atom is -0.310 e. The smallest absolute Gasteiger partial charge is 0.0714 e. The highest BCUT2D eigenvalue weighted by Crippen LogP contribution is 2.59. The van der Waals surface area contributed by atoms with E-state index in [1.165, 1.54) is 94.6 Å². The second-order valence-corrected chi connectivity index (χ2v) is 20.9. The standard InChI is InChI=1S/C65H55N/c1-62(2,3)44-33-36-53-57(39-44)64(6,7)56-31-20-28-52(61(53)56)51-27-16-19-32-60(51)66(45-34-37-49-47-25-14-17-29-54(47)63(4,5)58(49)40-45)46-35-38-50-48-26-15-18-30-55(48)65(59(50)41-46,42-21-10-8-11-22-42)43-23-12-9-13-24-43/h8-41H,1-7H3. The fourth-order valence-corrected chi connectivity index (χ4v) is 12.2. The molecule has 0 spiro atoms. The quantitative estimate of drug-likeness (QED) is 0.161. The third kappa shape index (κ3) is 5.65. The minimum absolute atomic E-state index is 0.0530. The first-order valence-corrected chi connectivity index (χ1v) is 23.7. The normalized spacial score (nSPS) is 15.3. The number of hydrogen-bond acceptors (Lipinski definition) is 1. The Bertz CT molecular complexity index is 3360. The summed E-state index contributed by atoms with van der Waals surface area (Å²) in [5, 5.41) is 0. The molecule has 9 aromatic rings. The summed E-state index contributed by atoms with van der Waals surface area (Å²) in [6, 6.07) is 78.2. The zero-order valence-electron chi connectivity index (χ0n) is 39.1. The van der Waals surface area contributed by atoms with E-state index in [0.29, 0.717) is 0 Å². The van der Waals surface area contributed by atoms with Crippen LogP contribution in [0, 0.1) is 0 Å². The van der Waals surface area contributed by atoms with E-state index >= 15 is 0 Å². The molecule has 0 aliphatic heterocycles. The first-order chi connectivity index (χ1) is 31.9. The predicted octanol–water partition coefficient (Wildman–Crippen LogP) is 17.1. The number of nitrogens with zero attached hydrogens (tertiary/aromatic N) is 1. The van der Waals surface area contributed by atoms with Crippen molar-refractivity contribution in [3.05, 3.63) is 256 Å². The molecular weight excluding hydrogens is 795 g/mol. The maximum Gasteiger partial charge on any atom is 0.0714 e. The van der Waals surface area contributed by atoms with Crippen LogP contribution in [-0.2, 0) is 21.7 Å². The molecule has 320 valence electrons. The van der Waals surface area contributed by atoms with Gasteiger partial charge in [-0.3, -0.25) is 0 Å². The molecule has 0 saturated carbocycles. The molecule has 0 aromatic heterocycles. The number of rotatable bonds is 6. The minimum atomic E-state index is -0.529. The van der Waals surface area contributed by atoms with Gasteiger partial charge in [0.2, 0.25) is 0 Å². The average Bonchev–Trinajstić information content (AvgIpc) is 3.86. The van der Waals surface area contributed by atoms with E-state index < -0.39 is 5.41 Å². The van der Waals surface area contributed by atoms with Gasteiger partial charge in [-0.2, -0.15) is 0 Å². The van der Waals surface area contributed by atoms with Crippen molar-refractivity contribution < 1.29 is 0 Å². The molecule has 0 unspecified atom stereocenters. The van der Waals surface area contributed by atoms with Crippen LogP contribution in [0.15, 0.2) is 206 Å². The Kier molecular flexibility index (Phi) is 8.79. The van der Waals surface area contributed by atoms with Gasteiger partial charge in [-0.05, 0) is 125 Å². The van der Waals surface area contributed by atoms with Gasteiger partial charge in [0.15, 0.2) is 0 Å². The van der Waals surface area contributed by atoms with Gasteiger partial charge in [0, 0.05) is 27.8 Å². The Labute approximate surface area is 391 Å². The predicted molar refractivity (Wildman–Crippen MR) is 278 cm³/mol. The van der Waals surface area contributed by atoms with Crippen LogP contribution in [0.2, 0.25) is 0 Å². The molecule has 0 fully saturated rings. The van der Waals surface area contributed by atoms with E-state index in [2.05, 4.69) is 260 Å². The fourth-order valence-electron chi connectivity index (χ4n) is 12.2. The second-order valence-electron chi connectivity index (χ2n) is 20.9. The van der Waals surface area contributed by atoms with Crippen molar-refractivity contribution in [3.8, 4) is 44.5 Å². The van der Waals surface area contributed by atoms with Crippen LogP contribution in [0.25, 0.3) is 44.5 Å². The Morgan fingerprint density at radius 1 is 0.333 bits per heavy atom. The van der Waals surface area contributed by atoms with E-state index in [-0.39, 0.29) is 16.2 Å². The number of hydrogen-bond donors (Lipinski definition) is 0. The van der Waals surface area contributed by atoms with Crippen molar-refractivity contribution in [2.45, 2.75) is 70.1 Å². The molecule has 0 amide bonds. The van der Waals surface area contributed by atoms with Crippen molar-refractivity contribution in [3.63, 3.8) is 0 Å². The van der Waals surface area contributed by atoms with Gasteiger partial charge in [0.25, 0.3) is 0 Å². The van der Waals surface area contributed by atoms with Crippen LogP contribution >= 0.6 is 0 Å². The van der Waals surface area contributed by atoms with Crippen LogP contribution in [0.3, 0.4) is 0 Å². The molecule has 0 radical (unpaired) electrons. The van der Waals surface area contributed by atoms with Crippen LogP contribution in [0.4, 0.5) is 17.1 Å². The maximum absolute atomic E-state index is 2.56. The van der Waals surface area contributed by atoms with Crippen molar-refractivity contribution >= 4 is 17.1 Å². The molecule has 3 aliphatic rings. The lowest BCUT2D eigenvalue weighted by molar-refractivity contribution is 0.584. The Morgan fingerprint density at radius 3 is 1.44 bits per heavy atom. The summed E-state index contributed by atoms with van der Waals surface area (Å²) >= 11 is 0. The lowest BCUT2D eigenvalue weighted by Gasteiger charge is -2.35. The van der Waals surface area contributed by atoms with Crippen LogP contribution in [0.1, 0.15) is 98.5 Å². The third-order valence-corrected chi connectivity index (χ3v) is 15.5. The monoisotopic (exact) mass is 849 g/mol. The van der Waals surface area contributed by atoms with Gasteiger partial charge in [0.05, 0.1) is 11.1 Å². The summed E-state index contributed by atoms with van der Waals surface area (Å²) in [5.74, 6) is 0. The van der Waals surface area contributed by atoms with E-state index in [1.807, 2.05) is 0 Å². The molecule has 0 atom stereocenters. The van der Waals surface area contributed by atoms with Gasteiger partial charge in [-0.1, -0.05) is 224 Å². The number of fused-ring (bicyclic) bond motifs is 9. The van der Waals surface area contributed by atoms with E-state index in [1.54, 1.807) is 0 Å². The molecule has 9 aromatic carbocycles. The zero-order valence-corrected chi connectivity index (χ0v) is 39.1. The van der Waals surface area contributed by atoms with Gasteiger partial charge in [0.1, 0.15) is 0 Å². The summed E-state index contributed by atoms with van der Waals surface area (Å²) in [5.41, 5.74) is 25.0. The van der Waals surface area contributed by atoms with Gasteiger partial charge < -0.3 is 4.90 Å². The van der Waals surface area contributed by atoms with Crippen LogP contribution < -0.4 is 4.90 Å². The summed E-state index contributed by atoms with van der Waals surface area (Å²) in [4.78, 5) is 2.56. The highest BCUT2D eigenvalue weighted by atomic mass is 15.1. The van der Waals surface area contributed by atoms with Crippen molar-refractivity contribution in [2.24, 2.45) is 0 Å². The highest BCUT2D eigenvalue weighted by molar-refractivity contribution is 5.99. The van der Waals surface area contributed by atoms with Crippen molar-refractivity contribution in [2.75, 3.05) is 4.90 Å². The molecule has 0 bridgehead atoms. The summed E-state index contributed by atoms with van der Waals surface area (Å²) in [7, 11) is 0. The molecule has 0 heterocycles. The number of benzene rings is 9. The fraction of sp³-hybridized carbons (Fsp3) is 0.169. The van der Waals surface area contributed by atoms with E-state index in [9.17, 15) is 0 Å². The molecule has 0 N–H and O–H groups in total. The highest BCUT2D eigenvalue weighted by Gasteiger charge is 2.47. The lowest BCUT2D eigenvalue weighted by atomic mass is 9.67.